The largest absolute Gasteiger partial charge is 0.465 e. The van der Waals surface area contributed by atoms with Crippen molar-refractivity contribution in [3.05, 3.63) is 59.8 Å². The number of amides is 1. The fraction of sp³-hybridized carbons (Fsp3) is 0.227. The Kier molecular flexibility index (Phi) is 4.80. The minimum absolute atomic E-state index is 0.177. The first kappa shape index (κ1) is 18.7. The number of nitrogens with one attached hydrogen (secondary N) is 2. The number of methoxy groups -OCH3 is 1. The van der Waals surface area contributed by atoms with Gasteiger partial charge in [0.2, 0.25) is 5.91 Å². The lowest BCUT2D eigenvalue weighted by molar-refractivity contribution is 0.0600. The Hall–Kier alpha value is -3.61. The van der Waals surface area contributed by atoms with Crippen LogP contribution in [0.5, 0.6) is 0 Å². The number of esters is 1. The molecular formula is C22H21N3O4. The smallest absolute Gasteiger partial charge is 0.337 e. The molecule has 0 atom stereocenters. The van der Waals surface area contributed by atoms with Gasteiger partial charge in [0.25, 0.3) is 5.91 Å². The Morgan fingerprint density at radius 2 is 1.83 bits per heavy atom. The monoisotopic (exact) mass is 391 g/mol. The molecule has 0 unspecified atom stereocenters. The molecule has 148 valence electrons. The molecule has 1 aliphatic carbocycles. The van der Waals surface area contributed by atoms with Crippen molar-refractivity contribution in [2.24, 2.45) is 0 Å². The Labute approximate surface area is 167 Å². The lowest BCUT2D eigenvalue weighted by Crippen LogP contribution is -2.15. The number of hydrogen-bond donors (Lipinski definition) is 2. The molecule has 0 radical (unpaired) electrons. The average molecular weight is 391 g/mol. The van der Waals surface area contributed by atoms with Crippen molar-refractivity contribution < 1.29 is 19.1 Å². The summed E-state index contributed by atoms with van der Waals surface area (Å²) in [6.45, 7) is 1.45. The van der Waals surface area contributed by atoms with Crippen molar-refractivity contribution in [3.8, 4) is 0 Å². The molecule has 0 aliphatic heterocycles. The molecule has 7 heteroatoms. The lowest BCUT2D eigenvalue weighted by atomic mass is 10.1. The van der Waals surface area contributed by atoms with Crippen LogP contribution in [0.15, 0.2) is 48.7 Å². The van der Waals surface area contributed by atoms with E-state index in [0.29, 0.717) is 33.8 Å². The zero-order valence-corrected chi connectivity index (χ0v) is 16.2. The van der Waals surface area contributed by atoms with Crippen molar-refractivity contribution in [1.29, 1.82) is 0 Å². The molecule has 1 aliphatic rings. The van der Waals surface area contributed by atoms with E-state index in [2.05, 4.69) is 10.6 Å². The van der Waals surface area contributed by atoms with Crippen molar-refractivity contribution in [2.75, 3.05) is 17.7 Å². The van der Waals surface area contributed by atoms with Crippen LogP contribution in [0.25, 0.3) is 10.9 Å². The molecule has 3 aromatic rings. The molecule has 7 nitrogen and oxygen atoms in total. The molecule has 2 aromatic carbocycles. The Morgan fingerprint density at radius 1 is 1.07 bits per heavy atom. The van der Waals surface area contributed by atoms with Gasteiger partial charge in [-0.15, -0.1) is 0 Å². The third kappa shape index (κ3) is 3.71. The average Bonchev–Trinajstić information content (AvgIpc) is 3.45. The van der Waals surface area contributed by atoms with E-state index in [4.69, 9.17) is 4.74 Å². The van der Waals surface area contributed by atoms with Crippen molar-refractivity contribution in [1.82, 2.24) is 4.57 Å². The molecule has 29 heavy (non-hydrogen) atoms. The van der Waals surface area contributed by atoms with Crippen molar-refractivity contribution in [3.63, 3.8) is 0 Å². The highest BCUT2D eigenvalue weighted by atomic mass is 16.5. The second kappa shape index (κ2) is 7.43. The first-order valence-corrected chi connectivity index (χ1v) is 9.39. The molecule has 1 fully saturated rings. The van der Waals surface area contributed by atoms with E-state index in [-0.39, 0.29) is 11.8 Å². The van der Waals surface area contributed by atoms with Gasteiger partial charge in [-0.1, -0.05) is 18.2 Å². The van der Waals surface area contributed by atoms with Gasteiger partial charge in [0.05, 0.1) is 35.1 Å². The molecular weight excluding hydrogens is 370 g/mol. The van der Waals surface area contributed by atoms with Gasteiger partial charge in [-0.05, 0) is 37.1 Å². The fourth-order valence-electron chi connectivity index (χ4n) is 3.28. The van der Waals surface area contributed by atoms with E-state index >= 15 is 0 Å². The van der Waals surface area contributed by atoms with Crippen LogP contribution >= 0.6 is 0 Å². The maximum absolute atomic E-state index is 13.1. The van der Waals surface area contributed by atoms with Gasteiger partial charge in [-0.3, -0.25) is 14.2 Å². The Bertz CT molecular complexity index is 1130. The summed E-state index contributed by atoms with van der Waals surface area (Å²) in [6, 6.07) is 12.6. The Balaban J connectivity index is 1.71. The maximum atomic E-state index is 13.1. The first-order valence-electron chi connectivity index (χ1n) is 9.39. The van der Waals surface area contributed by atoms with Gasteiger partial charge in [-0.25, -0.2) is 4.79 Å². The van der Waals surface area contributed by atoms with Gasteiger partial charge in [-0.2, -0.15) is 0 Å². The summed E-state index contributed by atoms with van der Waals surface area (Å²) in [5.41, 5.74) is 2.63. The van der Waals surface area contributed by atoms with E-state index in [9.17, 15) is 14.4 Å². The molecule has 2 N–H and O–H groups in total. The van der Waals surface area contributed by atoms with Crippen LogP contribution in [0.1, 0.15) is 45.3 Å². The molecule has 1 aromatic heterocycles. The summed E-state index contributed by atoms with van der Waals surface area (Å²) in [5.74, 6) is -1.02. The maximum Gasteiger partial charge on any atom is 0.337 e. The Morgan fingerprint density at radius 3 is 2.52 bits per heavy atom. The lowest BCUT2D eigenvalue weighted by Gasteiger charge is -2.14. The molecule has 0 bridgehead atoms. The summed E-state index contributed by atoms with van der Waals surface area (Å²) < 4.78 is 6.25. The molecule has 0 spiro atoms. The second-order valence-electron chi connectivity index (χ2n) is 7.07. The van der Waals surface area contributed by atoms with Crippen LogP contribution in [0, 0.1) is 0 Å². The third-order valence-corrected chi connectivity index (χ3v) is 4.92. The number of carbonyl (C=O) groups is 3. The standard InChI is InChI=1S/C22H21N3O4/c1-13(26)25-12-17(16-5-3-4-6-20(16)25)21(27)24-19-11-14(22(28)29-2)7-10-18(19)23-15-8-9-15/h3-7,10-12,15,23H,8-9H2,1-2H3,(H,24,27). The molecule has 0 saturated heterocycles. The first-order chi connectivity index (χ1) is 14.0. The predicted molar refractivity (Wildman–Crippen MR) is 111 cm³/mol. The highest BCUT2D eigenvalue weighted by Gasteiger charge is 2.24. The van der Waals surface area contributed by atoms with E-state index in [1.54, 1.807) is 36.5 Å². The normalized spacial score (nSPS) is 13.2. The van der Waals surface area contributed by atoms with E-state index in [1.807, 2.05) is 12.1 Å². The number of fused-ring (bicyclic) bond motifs is 1. The number of nitrogens with zero attached hydrogens (tertiary/aromatic N) is 1. The van der Waals surface area contributed by atoms with Gasteiger partial charge in [0.15, 0.2) is 0 Å². The number of ether oxygens (including phenoxy) is 1. The molecule has 4 rings (SSSR count). The summed E-state index contributed by atoms with van der Waals surface area (Å²) >= 11 is 0. The second-order valence-corrected chi connectivity index (χ2v) is 7.07. The summed E-state index contributed by atoms with van der Waals surface area (Å²) in [6.07, 6.45) is 3.68. The quantitative estimate of drug-likeness (QED) is 0.644. The number of aromatic nitrogens is 1. The number of benzene rings is 2. The minimum atomic E-state index is -0.480. The van der Waals surface area contributed by atoms with Gasteiger partial charge < -0.3 is 15.4 Å². The van der Waals surface area contributed by atoms with Crippen LogP contribution in [0.2, 0.25) is 0 Å². The fourth-order valence-corrected chi connectivity index (χ4v) is 3.28. The van der Waals surface area contributed by atoms with Gasteiger partial charge in [0, 0.05) is 24.5 Å². The number of rotatable bonds is 5. The van der Waals surface area contributed by atoms with Crippen molar-refractivity contribution >= 4 is 40.1 Å². The predicted octanol–water partition coefficient (Wildman–Crippen LogP) is 3.91. The number of anilines is 2. The van der Waals surface area contributed by atoms with Gasteiger partial charge in [0.1, 0.15) is 0 Å². The zero-order chi connectivity index (χ0) is 20.5. The minimum Gasteiger partial charge on any atom is -0.465 e. The number of hydrogen-bond acceptors (Lipinski definition) is 5. The summed E-state index contributed by atoms with van der Waals surface area (Å²) in [5, 5.41) is 6.93. The topological polar surface area (TPSA) is 89.4 Å². The molecule has 1 heterocycles. The van der Waals surface area contributed by atoms with Gasteiger partial charge >= 0.3 is 5.97 Å². The third-order valence-electron chi connectivity index (χ3n) is 4.92. The number of carbonyl (C=O) groups excluding carboxylic acids is 3. The zero-order valence-electron chi connectivity index (χ0n) is 16.2. The van der Waals surface area contributed by atoms with E-state index < -0.39 is 5.97 Å². The van der Waals surface area contributed by atoms with Crippen LogP contribution < -0.4 is 10.6 Å². The van der Waals surface area contributed by atoms with Crippen LogP contribution in [0.4, 0.5) is 11.4 Å². The molecule has 1 saturated carbocycles. The van der Waals surface area contributed by atoms with Crippen LogP contribution in [-0.2, 0) is 4.74 Å². The molecule has 1 amide bonds. The summed E-state index contributed by atoms with van der Waals surface area (Å²) in [7, 11) is 1.31. The van der Waals surface area contributed by atoms with E-state index in [1.165, 1.54) is 18.6 Å². The summed E-state index contributed by atoms with van der Waals surface area (Å²) in [4.78, 5) is 37.0. The highest BCUT2D eigenvalue weighted by molar-refractivity contribution is 6.15. The number of para-hydroxylation sites is 1. The SMILES string of the molecule is COC(=O)c1ccc(NC2CC2)c(NC(=O)c2cn(C(C)=O)c3ccccc23)c1. The van der Waals surface area contributed by atoms with Crippen molar-refractivity contribution in [2.45, 2.75) is 25.8 Å². The van der Waals surface area contributed by atoms with E-state index in [0.717, 1.165) is 18.5 Å². The highest BCUT2D eigenvalue weighted by Crippen LogP contribution is 2.31. The van der Waals surface area contributed by atoms with Crippen LogP contribution in [0.3, 0.4) is 0 Å². The van der Waals surface area contributed by atoms with Crippen LogP contribution in [-0.4, -0.2) is 35.5 Å².